The molecule has 1 N–H and O–H groups in total. The summed E-state index contributed by atoms with van der Waals surface area (Å²) < 4.78 is 0. The van der Waals surface area contributed by atoms with Crippen molar-refractivity contribution in [2.24, 2.45) is 17.8 Å². The minimum absolute atomic E-state index is 0.384. The molecule has 0 heterocycles. The largest absolute Gasteiger partial charge is 0.390 e. The molecule has 1 rings (SSSR count). The van der Waals surface area contributed by atoms with Gasteiger partial charge < -0.3 is 5.11 Å². The molecule has 0 aliphatic heterocycles. The summed E-state index contributed by atoms with van der Waals surface area (Å²) in [5.41, 5.74) is -0.384. The number of aliphatic hydroxyl groups is 1. The molecule has 0 unspecified atom stereocenters. The highest BCUT2D eigenvalue weighted by Crippen LogP contribution is 2.42. The summed E-state index contributed by atoms with van der Waals surface area (Å²) >= 11 is 0. The molecule has 0 spiro atoms. The van der Waals surface area contributed by atoms with E-state index in [4.69, 9.17) is 0 Å². The first kappa shape index (κ1) is 12.0. The molecule has 1 aliphatic carbocycles. The zero-order valence-electron chi connectivity index (χ0n) is 10.2. The maximum atomic E-state index is 10.0. The maximum absolute atomic E-state index is 10.0. The Morgan fingerprint density at radius 2 is 2.07 bits per heavy atom. The fraction of sp³-hybridized carbons (Fsp3) is 1.00. The van der Waals surface area contributed by atoms with Gasteiger partial charge in [-0.1, -0.05) is 33.6 Å². The summed E-state index contributed by atoms with van der Waals surface area (Å²) in [5.74, 6) is 2.43. The molecule has 0 radical (unpaired) electrons. The molecule has 0 bridgehead atoms. The van der Waals surface area contributed by atoms with Gasteiger partial charge in [0.1, 0.15) is 0 Å². The molecule has 0 saturated heterocycles. The van der Waals surface area contributed by atoms with Gasteiger partial charge in [-0.05, 0) is 43.9 Å². The zero-order valence-corrected chi connectivity index (χ0v) is 10.2. The van der Waals surface area contributed by atoms with Gasteiger partial charge in [-0.15, -0.1) is 0 Å². The van der Waals surface area contributed by atoms with E-state index in [1.165, 1.54) is 19.3 Å². The summed E-state index contributed by atoms with van der Waals surface area (Å²) in [6.45, 7) is 8.92. The lowest BCUT2D eigenvalue weighted by Crippen LogP contribution is -2.38. The Hall–Kier alpha value is -0.0400. The second-order valence-corrected chi connectivity index (χ2v) is 5.46. The third kappa shape index (κ3) is 2.73. The Kier molecular flexibility index (Phi) is 4.00. The van der Waals surface area contributed by atoms with E-state index < -0.39 is 0 Å². The van der Waals surface area contributed by atoms with Gasteiger partial charge in [-0.25, -0.2) is 0 Å². The molecule has 1 aliphatic rings. The highest BCUT2D eigenvalue weighted by Gasteiger charge is 2.36. The maximum Gasteiger partial charge on any atom is 0.0622 e. The summed E-state index contributed by atoms with van der Waals surface area (Å²) in [4.78, 5) is 0. The molecular weight excluding hydrogens is 172 g/mol. The molecule has 84 valence electrons. The van der Waals surface area contributed by atoms with Crippen LogP contribution in [0.1, 0.15) is 59.8 Å². The molecule has 1 saturated carbocycles. The lowest BCUT2D eigenvalue weighted by atomic mass is 9.66. The van der Waals surface area contributed by atoms with Crippen LogP contribution in [0.5, 0.6) is 0 Å². The van der Waals surface area contributed by atoms with E-state index in [9.17, 15) is 5.11 Å². The Morgan fingerprint density at radius 1 is 1.43 bits per heavy atom. The van der Waals surface area contributed by atoms with Crippen molar-refractivity contribution in [3.63, 3.8) is 0 Å². The lowest BCUT2D eigenvalue weighted by molar-refractivity contribution is -0.0318. The van der Waals surface area contributed by atoms with E-state index in [0.717, 1.165) is 30.6 Å². The molecule has 14 heavy (non-hydrogen) atoms. The predicted molar refractivity (Wildman–Crippen MR) is 61.2 cm³/mol. The van der Waals surface area contributed by atoms with Crippen LogP contribution in [0.2, 0.25) is 0 Å². The summed E-state index contributed by atoms with van der Waals surface area (Å²) in [7, 11) is 0. The van der Waals surface area contributed by atoms with Gasteiger partial charge in [0.25, 0.3) is 0 Å². The van der Waals surface area contributed by atoms with E-state index in [2.05, 4.69) is 20.8 Å². The highest BCUT2D eigenvalue weighted by atomic mass is 16.3. The molecule has 0 aromatic carbocycles. The topological polar surface area (TPSA) is 20.2 Å². The van der Waals surface area contributed by atoms with Crippen LogP contribution >= 0.6 is 0 Å². The quantitative estimate of drug-likeness (QED) is 0.734. The smallest absolute Gasteiger partial charge is 0.0622 e. The predicted octanol–water partition coefficient (Wildman–Crippen LogP) is 3.61. The van der Waals surface area contributed by atoms with E-state index >= 15 is 0 Å². The van der Waals surface area contributed by atoms with E-state index in [1.807, 2.05) is 6.92 Å². The zero-order chi connectivity index (χ0) is 10.8. The van der Waals surface area contributed by atoms with Crippen molar-refractivity contribution in [1.29, 1.82) is 0 Å². The minimum Gasteiger partial charge on any atom is -0.390 e. The average Bonchev–Trinajstić information content (AvgIpc) is 2.15. The van der Waals surface area contributed by atoms with Crippen LogP contribution < -0.4 is 0 Å². The van der Waals surface area contributed by atoms with E-state index in [0.29, 0.717) is 0 Å². The minimum atomic E-state index is -0.384. The Balaban J connectivity index is 2.61. The summed E-state index contributed by atoms with van der Waals surface area (Å²) in [6, 6.07) is 0. The van der Waals surface area contributed by atoms with Crippen LogP contribution in [0.3, 0.4) is 0 Å². The van der Waals surface area contributed by atoms with E-state index in [1.54, 1.807) is 0 Å². The first-order chi connectivity index (χ1) is 6.50. The number of hydrogen-bond donors (Lipinski definition) is 1. The molecule has 1 nitrogen and oxygen atoms in total. The normalized spacial score (nSPS) is 40.9. The molecular formula is C13H26O. The summed E-state index contributed by atoms with van der Waals surface area (Å²) in [5, 5.41) is 10.0. The molecule has 1 fully saturated rings. The van der Waals surface area contributed by atoms with Crippen molar-refractivity contribution >= 4 is 0 Å². The number of hydrogen-bond acceptors (Lipinski definition) is 1. The Labute approximate surface area is 88.9 Å². The van der Waals surface area contributed by atoms with Crippen molar-refractivity contribution in [2.75, 3.05) is 0 Å². The van der Waals surface area contributed by atoms with Gasteiger partial charge in [-0.2, -0.15) is 0 Å². The van der Waals surface area contributed by atoms with Crippen LogP contribution in [0.4, 0.5) is 0 Å². The average molecular weight is 198 g/mol. The van der Waals surface area contributed by atoms with Crippen molar-refractivity contribution in [3.05, 3.63) is 0 Å². The van der Waals surface area contributed by atoms with Gasteiger partial charge in [0, 0.05) is 0 Å². The van der Waals surface area contributed by atoms with Crippen LogP contribution in [0.25, 0.3) is 0 Å². The molecule has 4 atom stereocenters. The standard InChI is InChI=1S/C13H26O/c1-5-10(3)12-7-8-13(4,14)9-11(12)6-2/h10-12,14H,5-9H2,1-4H3/t10-,11-,12-,13-/m1/s1. The molecule has 1 heteroatoms. The second-order valence-electron chi connectivity index (χ2n) is 5.46. The fourth-order valence-corrected chi connectivity index (χ4v) is 3.03. The van der Waals surface area contributed by atoms with Gasteiger partial charge >= 0.3 is 0 Å². The van der Waals surface area contributed by atoms with Gasteiger partial charge in [-0.3, -0.25) is 0 Å². The van der Waals surface area contributed by atoms with Crippen molar-refractivity contribution < 1.29 is 5.11 Å². The van der Waals surface area contributed by atoms with E-state index in [-0.39, 0.29) is 5.60 Å². The van der Waals surface area contributed by atoms with Crippen molar-refractivity contribution in [3.8, 4) is 0 Å². The van der Waals surface area contributed by atoms with Crippen molar-refractivity contribution in [1.82, 2.24) is 0 Å². The second kappa shape index (κ2) is 4.65. The SMILES string of the molecule is CC[C@@H]1C[C@](C)(O)CC[C@@H]1[C@H](C)CC. The highest BCUT2D eigenvalue weighted by molar-refractivity contribution is 4.88. The third-order valence-electron chi connectivity index (χ3n) is 4.22. The van der Waals surface area contributed by atoms with Crippen LogP contribution in [0, 0.1) is 17.8 Å². The van der Waals surface area contributed by atoms with Gasteiger partial charge in [0.15, 0.2) is 0 Å². The molecule has 0 amide bonds. The van der Waals surface area contributed by atoms with Gasteiger partial charge in [0.05, 0.1) is 5.60 Å². The first-order valence-corrected chi connectivity index (χ1v) is 6.22. The molecule has 0 aromatic heterocycles. The lowest BCUT2D eigenvalue weighted by Gasteiger charge is -2.42. The van der Waals surface area contributed by atoms with Gasteiger partial charge in [0.2, 0.25) is 0 Å². The Morgan fingerprint density at radius 3 is 2.57 bits per heavy atom. The molecule has 0 aromatic rings. The Bertz CT molecular complexity index is 174. The van der Waals surface area contributed by atoms with Crippen LogP contribution in [0.15, 0.2) is 0 Å². The third-order valence-corrected chi connectivity index (χ3v) is 4.22. The van der Waals surface area contributed by atoms with Crippen molar-refractivity contribution in [2.45, 2.75) is 65.4 Å². The fourth-order valence-electron chi connectivity index (χ4n) is 3.03. The van der Waals surface area contributed by atoms with Crippen LogP contribution in [-0.2, 0) is 0 Å². The summed E-state index contributed by atoms with van der Waals surface area (Å²) in [6.07, 6.45) is 5.74. The number of rotatable bonds is 3. The monoisotopic (exact) mass is 198 g/mol. The van der Waals surface area contributed by atoms with Crippen LogP contribution in [-0.4, -0.2) is 10.7 Å². The first-order valence-electron chi connectivity index (χ1n) is 6.22.